The highest BCUT2D eigenvalue weighted by atomic mass is 127. The van der Waals surface area contributed by atoms with Gasteiger partial charge in [-0.05, 0) is 43.4 Å². The first-order valence-electron chi connectivity index (χ1n) is 10.0. The second-order valence-corrected chi connectivity index (χ2v) is 8.02. The highest BCUT2D eigenvalue weighted by Crippen LogP contribution is 2.47. The van der Waals surface area contributed by atoms with Crippen LogP contribution in [0.3, 0.4) is 0 Å². The second kappa shape index (κ2) is 9.32. The van der Waals surface area contributed by atoms with E-state index in [9.17, 15) is 4.39 Å². The van der Waals surface area contributed by atoms with E-state index in [1.165, 1.54) is 11.8 Å². The zero-order chi connectivity index (χ0) is 19.6. The zero-order valence-corrected chi connectivity index (χ0v) is 19.4. The SMILES string of the molecule is CN=C(NCC1(c2cccc(F)c2)CC1)NC1CCCN(c2cnn(C)c2)C1.I. The molecule has 1 aromatic heterocycles. The summed E-state index contributed by atoms with van der Waals surface area (Å²) >= 11 is 0. The number of rotatable bonds is 5. The minimum Gasteiger partial charge on any atom is -0.367 e. The van der Waals surface area contributed by atoms with Crippen molar-refractivity contribution in [2.45, 2.75) is 37.1 Å². The summed E-state index contributed by atoms with van der Waals surface area (Å²) in [5.74, 6) is 0.657. The fourth-order valence-corrected chi connectivity index (χ4v) is 4.08. The molecule has 8 heteroatoms. The van der Waals surface area contributed by atoms with Gasteiger partial charge in [0, 0.05) is 51.4 Å². The maximum Gasteiger partial charge on any atom is 0.191 e. The topological polar surface area (TPSA) is 57.5 Å². The third-order valence-corrected chi connectivity index (χ3v) is 5.93. The molecular weight excluding hydrogens is 482 g/mol. The van der Waals surface area contributed by atoms with Crippen LogP contribution in [-0.4, -0.2) is 48.5 Å². The molecule has 1 saturated carbocycles. The highest BCUT2D eigenvalue weighted by Gasteiger charge is 2.44. The first-order chi connectivity index (χ1) is 13.6. The van der Waals surface area contributed by atoms with Gasteiger partial charge in [0.15, 0.2) is 5.96 Å². The Labute approximate surface area is 189 Å². The Bertz CT molecular complexity index is 847. The van der Waals surface area contributed by atoms with Gasteiger partial charge < -0.3 is 15.5 Å². The van der Waals surface area contributed by atoms with Gasteiger partial charge >= 0.3 is 0 Å². The van der Waals surface area contributed by atoms with Crippen LogP contribution >= 0.6 is 24.0 Å². The van der Waals surface area contributed by atoms with E-state index in [0.717, 1.165) is 56.8 Å². The largest absolute Gasteiger partial charge is 0.367 e. The molecule has 2 aliphatic rings. The normalized spacial score (nSPS) is 20.7. The average Bonchev–Trinajstić information content (AvgIpc) is 3.38. The molecule has 6 nitrogen and oxygen atoms in total. The summed E-state index contributed by atoms with van der Waals surface area (Å²) in [6.45, 7) is 2.76. The van der Waals surface area contributed by atoms with Crippen LogP contribution in [0.2, 0.25) is 0 Å². The number of nitrogens with one attached hydrogen (secondary N) is 2. The minimum atomic E-state index is -0.163. The highest BCUT2D eigenvalue weighted by molar-refractivity contribution is 14.0. The van der Waals surface area contributed by atoms with Crippen molar-refractivity contribution in [3.05, 3.63) is 48.0 Å². The molecule has 0 spiro atoms. The lowest BCUT2D eigenvalue weighted by Crippen LogP contribution is -2.52. The average molecular weight is 512 g/mol. The van der Waals surface area contributed by atoms with E-state index in [4.69, 9.17) is 0 Å². The van der Waals surface area contributed by atoms with Crippen LogP contribution < -0.4 is 15.5 Å². The molecule has 1 saturated heterocycles. The predicted octanol–water partition coefficient (Wildman–Crippen LogP) is 3.04. The lowest BCUT2D eigenvalue weighted by Gasteiger charge is -2.34. The number of hydrogen-bond acceptors (Lipinski definition) is 3. The fraction of sp³-hybridized carbons (Fsp3) is 0.524. The van der Waals surface area contributed by atoms with Crippen LogP contribution in [0.15, 0.2) is 41.7 Å². The van der Waals surface area contributed by atoms with Crippen molar-refractivity contribution in [1.82, 2.24) is 20.4 Å². The summed E-state index contributed by atoms with van der Waals surface area (Å²) in [6.07, 6.45) is 8.40. The van der Waals surface area contributed by atoms with E-state index >= 15 is 0 Å². The van der Waals surface area contributed by atoms with Gasteiger partial charge in [0.2, 0.25) is 0 Å². The third-order valence-electron chi connectivity index (χ3n) is 5.93. The number of aryl methyl sites for hydroxylation is 1. The van der Waals surface area contributed by atoms with Gasteiger partial charge in [-0.3, -0.25) is 9.67 Å². The summed E-state index contributed by atoms with van der Waals surface area (Å²) in [7, 11) is 3.75. The van der Waals surface area contributed by atoms with Crippen molar-refractivity contribution in [2.75, 3.05) is 31.6 Å². The number of hydrogen-bond donors (Lipinski definition) is 2. The maximum absolute atomic E-state index is 13.6. The summed E-state index contributed by atoms with van der Waals surface area (Å²) in [4.78, 5) is 6.78. The minimum absolute atomic E-state index is 0. The first kappa shape index (κ1) is 21.9. The lowest BCUT2D eigenvalue weighted by atomic mass is 9.96. The molecule has 1 unspecified atom stereocenters. The monoisotopic (exact) mass is 512 g/mol. The maximum atomic E-state index is 13.6. The van der Waals surface area contributed by atoms with E-state index < -0.39 is 0 Å². The van der Waals surface area contributed by atoms with Gasteiger partial charge in [0.25, 0.3) is 0 Å². The lowest BCUT2D eigenvalue weighted by molar-refractivity contribution is 0.466. The molecule has 0 radical (unpaired) electrons. The molecule has 1 aliphatic carbocycles. The van der Waals surface area contributed by atoms with Crippen molar-refractivity contribution >= 4 is 35.6 Å². The van der Waals surface area contributed by atoms with Gasteiger partial charge in [0.1, 0.15) is 5.82 Å². The Balaban J connectivity index is 0.00000240. The van der Waals surface area contributed by atoms with Crippen molar-refractivity contribution in [1.29, 1.82) is 0 Å². The number of aliphatic imine (C=N–C) groups is 1. The van der Waals surface area contributed by atoms with Gasteiger partial charge in [-0.15, -0.1) is 24.0 Å². The molecule has 0 amide bonds. The molecular formula is C21H30FIN6. The summed E-state index contributed by atoms with van der Waals surface area (Å²) in [5, 5.41) is 11.3. The molecule has 4 rings (SSSR count). The molecule has 0 bridgehead atoms. The number of benzene rings is 1. The molecule has 2 aromatic rings. The summed E-state index contributed by atoms with van der Waals surface area (Å²) in [6, 6.07) is 7.33. The first-order valence-corrected chi connectivity index (χ1v) is 10.0. The zero-order valence-electron chi connectivity index (χ0n) is 17.1. The Morgan fingerprint density at radius 3 is 2.86 bits per heavy atom. The van der Waals surface area contributed by atoms with Crippen molar-refractivity contribution in [3.8, 4) is 0 Å². The van der Waals surface area contributed by atoms with Crippen molar-refractivity contribution in [2.24, 2.45) is 12.0 Å². The third kappa shape index (κ3) is 5.21. The smallest absolute Gasteiger partial charge is 0.191 e. The van der Waals surface area contributed by atoms with Crippen LogP contribution in [0.4, 0.5) is 10.1 Å². The molecule has 2 heterocycles. The Morgan fingerprint density at radius 2 is 2.21 bits per heavy atom. The number of halogens is 2. The van der Waals surface area contributed by atoms with Crippen LogP contribution in [0, 0.1) is 5.82 Å². The van der Waals surface area contributed by atoms with Crippen LogP contribution in [-0.2, 0) is 12.5 Å². The Kier molecular flexibility index (Phi) is 7.02. The number of piperidine rings is 1. The van der Waals surface area contributed by atoms with E-state index in [1.807, 2.05) is 24.0 Å². The number of guanidine groups is 1. The van der Waals surface area contributed by atoms with Gasteiger partial charge in [-0.1, -0.05) is 12.1 Å². The molecule has 2 fully saturated rings. The number of anilines is 1. The van der Waals surface area contributed by atoms with E-state index in [2.05, 4.69) is 31.8 Å². The van der Waals surface area contributed by atoms with Crippen molar-refractivity contribution < 1.29 is 4.39 Å². The van der Waals surface area contributed by atoms with Gasteiger partial charge in [-0.25, -0.2) is 4.39 Å². The molecule has 158 valence electrons. The summed E-state index contributed by atoms with van der Waals surface area (Å²) in [5.41, 5.74) is 2.28. The van der Waals surface area contributed by atoms with Crippen molar-refractivity contribution in [3.63, 3.8) is 0 Å². The molecule has 1 atom stereocenters. The van der Waals surface area contributed by atoms with E-state index in [1.54, 1.807) is 19.2 Å². The van der Waals surface area contributed by atoms with Crippen LogP contribution in [0.5, 0.6) is 0 Å². The van der Waals surface area contributed by atoms with Gasteiger partial charge in [-0.2, -0.15) is 5.10 Å². The predicted molar refractivity (Wildman–Crippen MR) is 126 cm³/mol. The van der Waals surface area contributed by atoms with E-state index in [0.29, 0.717) is 6.04 Å². The Morgan fingerprint density at radius 1 is 1.38 bits per heavy atom. The summed E-state index contributed by atoms with van der Waals surface area (Å²) < 4.78 is 15.5. The quantitative estimate of drug-likeness (QED) is 0.368. The fourth-order valence-electron chi connectivity index (χ4n) is 4.08. The molecule has 2 N–H and O–H groups in total. The number of nitrogens with zero attached hydrogens (tertiary/aromatic N) is 4. The molecule has 1 aliphatic heterocycles. The standard InChI is InChI=1S/C21H29FN6.HI/c1-23-20(24-15-21(8-9-21)16-5-3-6-17(22)11-16)26-18-7-4-10-28(13-18)19-12-25-27(2)14-19;/h3,5-6,11-12,14,18H,4,7-10,13,15H2,1-2H3,(H2,23,24,26);1H. The van der Waals surface area contributed by atoms with Crippen LogP contribution in [0.1, 0.15) is 31.2 Å². The Hall–Kier alpha value is -1.84. The molecule has 29 heavy (non-hydrogen) atoms. The van der Waals surface area contributed by atoms with Crippen LogP contribution in [0.25, 0.3) is 0 Å². The van der Waals surface area contributed by atoms with E-state index in [-0.39, 0.29) is 35.2 Å². The van der Waals surface area contributed by atoms with Gasteiger partial charge in [0.05, 0.1) is 11.9 Å². The second-order valence-electron chi connectivity index (χ2n) is 8.02. The molecule has 1 aromatic carbocycles. The number of aromatic nitrogens is 2.